The number of phenols is 1. The van der Waals surface area contributed by atoms with Gasteiger partial charge in [0.2, 0.25) is 0 Å². The number of phenolic OH excluding ortho intramolecular Hbond substituents is 1. The van der Waals surface area contributed by atoms with Crippen LogP contribution in [0.1, 0.15) is 59.4 Å². The standard InChI is InChI=1S/C28H31N5O.C9H10O2/c1-20-18-33(21(2)17-32(20)19-22-7-4-3-5-8-22)28(25-9-6-10-26(34)15-25)24-13-11-23(12-14-24)27-16-29-31-30-27;1-2-7-4-3-5-8(6-7)9(10)11/h3-16,20-21,28,34H,17-19H2,1-2H3,(H,29,30,31);3-6H,2H2,1H3,(H,10,11)/t20-,21+,28-;/m1./s1. The molecule has 0 radical (unpaired) electrons. The Morgan fingerprint density at radius 3 is 2.27 bits per heavy atom. The molecular formula is C37H41N5O3. The monoisotopic (exact) mass is 603 g/mol. The van der Waals surface area contributed by atoms with E-state index in [2.05, 4.69) is 99.7 Å². The molecule has 45 heavy (non-hydrogen) atoms. The molecular weight excluding hydrogens is 562 g/mol. The zero-order chi connectivity index (χ0) is 31.8. The van der Waals surface area contributed by atoms with Crippen molar-refractivity contribution in [1.29, 1.82) is 0 Å². The molecule has 1 aliphatic heterocycles. The summed E-state index contributed by atoms with van der Waals surface area (Å²) in [6, 6.07) is 34.7. The number of aryl methyl sites for hydroxylation is 1. The lowest BCUT2D eigenvalue weighted by atomic mass is 9.92. The van der Waals surface area contributed by atoms with Crippen molar-refractivity contribution in [3.8, 4) is 17.0 Å². The van der Waals surface area contributed by atoms with E-state index in [0.29, 0.717) is 23.4 Å². The van der Waals surface area contributed by atoms with E-state index in [4.69, 9.17) is 5.11 Å². The lowest BCUT2D eigenvalue weighted by molar-refractivity contribution is 0.0195. The molecule has 2 heterocycles. The summed E-state index contributed by atoms with van der Waals surface area (Å²) in [4.78, 5) is 15.6. The number of hydrogen-bond acceptors (Lipinski definition) is 6. The van der Waals surface area contributed by atoms with E-state index in [0.717, 1.165) is 48.4 Å². The molecule has 232 valence electrons. The summed E-state index contributed by atoms with van der Waals surface area (Å²) in [5.41, 5.74) is 6.94. The second-order valence-electron chi connectivity index (χ2n) is 11.6. The molecule has 3 atom stereocenters. The molecule has 0 saturated carbocycles. The lowest BCUT2D eigenvalue weighted by Gasteiger charge is -2.47. The average Bonchev–Trinajstić information content (AvgIpc) is 3.60. The fraction of sp³-hybridized carbons (Fsp3) is 0.270. The summed E-state index contributed by atoms with van der Waals surface area (Å²) in [6.45, 7) is 9.52. The Hall–Kier alpha value is -4.79. The Balaban J connectivity index is 0.000000309. The van der Waals surface area contributed by atoms with Crippen LogP contribution < -0.4 is 0 Å². The van der Waals surface area contributed by atoms with Gasteiger partial charge in [-0.25, -0.2) is 4.79 Å². The first-order valence-corrected chi connectivity index (χ1v) is 15.4. The predicted molar refractivity (Wildman–Crippen MR) is 177 cm³/mol. The van der Waals surface area contributed by atoms with Gasteiger partial charge in [-0.1, -0.05) is 85.8 Å². The van der Waals surface area contributed by atoms with Crippen molar-refractivity contribution < 1.29 is 15.0 Å². The van der Waals surface area contributed by atoms with Crippen LogP contribution in [0.15, 0.2) is 109 Å². The molecule has 1 aliphatic rings. The minimum absolute atomic E-state index is 0.0507. The number of carboxylic acid groups (broad SMARTS) is 1. The van der Waals surface area contributed by atoms with Gasteiger partial charge in [-0.2, -0.15) is 15.4 Å². The molecule has 1 aromatic heterocycles. The van der Waals surface area contributed by atoms with E-state index in [1.54, 1.807) is 30.5 Å². The maximum atomic E-state index is 10.5. The van der Waals surface area contributed by atoms with Gasteiger partial charge in [-0.3, -0.25) is 9.80 Å². The van der Waals surface area contributed by atoms with Gasteiger partial charge < -0.3 is 10.2 Å². The predicted octanol–water partition coefficient (Wildman–Crippen LogP) is 6.81. The summed E-state index contributed by atoms with van der Waals surface area (Å²) < 4.78 is 0. The topological polar surface area (TPSA) is 106 Å². The quantitative estimate of drug-likeness (QED) is 0.179. The number of aromatic amines is 1. The Labute approximate surface area is 265 Å². The van der Waals surface area contributed by atoms with Crippen LogP contribution in [0.25, 0.3) is 11.3 Å². The number of carbonyl (C=O) groups is 1. The van der Waals surface area contributed by atoms with E-state index < -0.39 is 5.97 Å². The zero-order valence-corrected chi connectivity index (χ0v) is 26.0. The van der Waals surface area contributed by atoms with Crippen LogP contribution in [-0.4, -0.2) is 66.6 Å². The number of nitrogens with zero attached hydrogens (tertiary/aromatic N) is 4. The number of aromatic carboxylic acids is 1. The minimum Gasteiger partial charge on any atom is -0.508 e. The van der Waals surface area contributed by atoms with Crippen LogP contribution in [0.2, 0.25) is 0 Å². The number of hydrogen-bond donors (Lipinski definition) is 3. The number of carboxylic acids is 1. The Morgan fingerprint density at radius 2 is 1.60 bits per heavy atom. The Kier molecular flexibility index (Phi) is 10.4. The summed E-state index contributed by atoms with van der Waals surface area (Å²) in [5, 5.41) is 29.7. The van der Waals surface area contributed by atoms with Gasteiger partial charge in [-0.05, 0) is 66.8 Å². The maximum Gasteiger partial charge on any atom is 0.335 e. The first-order valence-electron chi connectivity index (χ1n) is 15.4. The van der Waals surface area contributed by atoms with E-state index in [1.807, 2.05) is 25.1 Å². The highest BCUT2D eigenvalue weighted by Gasteiger charge is 2.35. The van der Waals surface area contributed by atoms with Gasteiger partial charge in [0.25, 0.3) is 0 Å². The summed E-state index contributed by atoms with van der Waals surface area (Å²) in [5.74, 6) is -0.564. The summed E-state index contributed by atoms with van der Waals surface area (Å²) in [7, 11) is 0. The van der Waals surface area contributed by atoms with Gasteiger partial charge in [0, 0.05) is 37.3 Å². The van der Waals surface area contributed by atoms with Crippen LogP contribution in [0.4, 0.5) is 0 Å². The normalized spacial score (nSPS) is 17.7. The van der Waals surface area contributed by atoms with Crippen molar-refractivity contribution in [3.63, 3.8) is 0 Å². The fourth-order valence-corrected chi connectivity index (χ4v) is 5.99. The molecule has 3 N–H and O–H groups in total. The van der Waals surface area contributed by atoms with Gasteiger partial charge >= 0.3 is 5.97 Å². The van der Waals surface area contributed by atoms with Crippen molar-refractivity contribution in [2.75, 3.05) is 13.1 Å². The Morgan fingerprint density at radius 1 is 0.867 bits per heavy atom. The highest BCUT2D eigenvalue weighted by Crippen LogP contribution is 2.35. The van der Waals surface area contributed by atoms with Crippen LogP contribution in [0.3, 0.4) is 0 Å². The molecule has 0 unspecified atom stereocenters. The number of benzene rings is 4. The molecule has 1 saturated heterocycles. The van der Waals surface area contributed by atoms with Gasteiger partial charge in [0.05, 0.1) is 17.8 Å². The molecule has 5 aromatic rings. The Bertz CT molecular complexity index is 1660. The van der Waals surface area contributed by atoms with Gasteiger partial charge in [0.15, 0.2) is 0 Å². The molecule has 0 amide bonds. The largest absolute Gasteiger partial charge is 0.508 e. The maximum absolute atomic E-state index is 10.5. The van der Waals surface area contributed by atoms with Crippen molar-refractivity contribution >= 4 is 5.97 Å². The number of nitrogens with one attached hydrogen (secondary N) is 1. The molecule has 0 bridgehead atoms. The smallest absolute Gasteiger partial charge is 0.335 e. The molecule has 0 spiro atoms. The number of H-pyrrole nitrogens is 1. The van der Waals surface area contributed by atoms with Gasteiger partial charge in [0.1, 0.15) is 11.4 Å². The number of piperazine rings is 1. The average molecular weight is 604 g/mol. The van der Waals surface area contributed by atoms with Crippen LogP contribution in [0, 0.1) is 0 Å². The van der Waals surface area contributed by atoms with Crippen LogP contribution >= 0.6 is 0 Å². The van der Waals surface area contributed by atoms with Crippen molar-refractivity contribution in [3.05, 3.63) is 137 Å². The third-order valence-electron chi connectivity index (χ3n) is 8.43. The molecule has 8 heteroatoms. The molecule has 8 nitrogen and oxygen atoms in total. The molecule has 1 fully saturated rings. The fourth-order valence-electron chi connectivity index (χ4n) is 5.99. The van der Waals surface area contributed by atoms with Crippen LogP contribution in [0.5, 0.6) is 5.75 Å². The molecule has 0 aliphatic carbocycles. The van der Waals surface area contributed by atoms with E-state index in [-0.39, 0.29) is 6.04 Å². The van der Waals surface area contributed by atoms with Crippen molar-refractivity contribution in [2.45, 2.75) is 51.9 Å². The van der Waals surface area contributed by atoms with Crippen molar-refractivity contribution in [1.82, 2.24) is 25.2 Å². The van der Waals surface area contributed by atoms with Crippen molar-refractivity contribution in [2.24, 2.45) is 0 Å². The van der Waals surface area contributed by atoms with Gasteiger partial charge in [-0.15, -0.1) is 0 Å². The number of aromatic nitrogens is 3. The second-order valence-corrected chi connectivity index (χ2v) is 11.6. The second kappa shape index (κ2) is 14.8. The SMILES string of the molecule is CCc1cccc(C(=O)O)c1.C[C@@H]1CN([C@H](c2ccc(-c3cn[nH]n3)cc2)c2cccc(O)c2)[C@@H](C)CN1Cc1ccccc1. The lowest BCUT2D eigenvalue weighted by Crippen LogP contribution is -2.56. The molecule has 6 rings (SSSR count). The van der Waals surface area contributed by atoms with E-state index >= 15 is 0 Å². The molecule has 4 aromatic carbocycles. The van der Waals surface area contributed by atoms with Crippen LogP contribution in [-0.2, 0) is 13.0 Å². The third-order valence-corrected chi connectivity index (χ3v) is 8.43. The first kappa shape index (κ1) is 31.6. The van der Waals surface area contributed by atoms with E-state index in [1.165, 1.54) is 11.1 Å². The number of rotatable bonds is 8. The van der Waals surface area contributed by atoms with E-state index in [9.17, 15) is 9.90 Å². The first-order chi connectivity index (χ1) is 21.8. The third kappa shape index (κ3) is 8.03. The summed E-state index contributed by atoms with van der Waals surface area (Å²) >= 11 is 0. The highest BCUT2D eigenvalue weighted by atomic mass is 16.4. The highest BCUT2D eigenvalue weighted by molar-refractivity contribution is 5.87. The zero-order valence-electron chi connectivity index (χ0n) is 26.0. The number of aromatic hydroxyl groups is 1. The summed E-state index contributed by atoms with van der Waals surface area (Å²) in [6.07, 6.45) is 2.61. The minimum atomic E-state index is -0.861.